The maximum absolute atomic E-state index is 9.97. The number of thiazole rings is 1. The van der Waals surface area contributed by atoms with Crippen LogP contribution in [0.1, 0.15) is 37.4 Å². The lowest BCUT2D eigenvalue weighted by Crippen LogP contribution is -2.34. The number of hydrogen-bond acceptors (Lipinski definition) is 4. The lowest BCUT2D eigenvalue weighted by molar-refractivity contribution is -0.0191. The number of nitrogens with zero attached hydrogens (tertiary/aromatic N) is 1. The molecule has 0 saturated carbocycles. The van der Waals surface area contributed by atoms with Crippen LogP contribution >= 0.6 is 11.3 Å². The van der Waals surface area contributed by atoms with E-state index in [0.29, 0.717) is 6.42 Å². The van der Waals surface area contributed by atoms with Crippen molar-refractivity contribution in [3.05, 3.63) is 16.1 Å². The quantitative estimate of drug-likeness (QED) is 0.805. The fourth-order valence-electron chi connectivity index (χ4n) is 1.92. The van der Waals surface area contributed by atoms with E-state index >= 15 is 0 Å². The van der Waals surface area contributed by atoms with Crippen LogP contribution in [0.4, 0.5) is 0 Å². The lowest BCUT2D eigenvalue weighted by atomic mass is 9.91. The highest BCUT2D eigenvalue weighted by molar-refractivity contribution is 7.09. The number of aromatic nitrogens is 1. The Balaban J connectivity index is 2.54. The summed E-state index contributed by atoms with van der Waals surface area (Å²) >= 11 is 1.57. The van der Waals surface area contributed by atoms with Gasteiger partial charge in [-0.25, -0.2) is 4.98 Å². The SMILES string of the molecule is CCC(CC)C(O)C(O)Cc1csc(C)n1. The summed E-state index contributed by atoms with van der Waals surface area (Å²) in [5.41, 5.74) is 0.875. The van der Waals surface area contributed by atoms with E-state index < -0.39 is 12.2 Å². The van der Waals surface area contributed by atoms with Gasteiger partial charge in [0, 0.05) is 11.8 Å². The second kappa shape index (κ2) is 6.33. The van der Waals surface area contributed by atoms with Gasteiger partial charge in [0.25, 0.3) is 0 Å². The normalized spacial score (nSPS) is 15.4. The molecule has 0 amide bonds. The number of hydrogen-bond donors (Lipinski definition) is 2. The fraction of sp³-hybridized carbons (Fsp3) is 0.750. The summed E-state index contributed by atoms with van der Waals surface area (Å²) in [5, 5.41) is 22.8. The molecule has 0 aliphatic rings. The van der Waals surface area contributed by atoms with Gasteiger partial charge in [-0.1, -0.05) is 26.7 Å². The molecule has 2 atom stereocenters. The maximum Gasteiger partial charge on any atom is 0.0897 e. The molecule has 0 aromatic carbocycles. The summed E-state index contributed by atoms with van der Waals surface area (Å²) in [4.78, 5) is 4.29. The largest absolute Gasteiger partial charge is 0.390 e. The number of aliphatic hydroxyl groups excluding tert-OH is 2. The molecule has 0 saturated heterocycles. The Morgan fingerprint density at radius 3 is 2.38 bits per heavy atom. The van der Waals surface area contributed by atoms with Crippen LogP contribution in [0.2, 0.25) is 0 Å². The second-order valence-corrected chi connectivity index (χ2v) is 5.26. The van der Waals surface area contributed by atoms with Crippen LogP contribution in [0.5, 0.6) is 0 Å². The topological polar surface area (TPSA) is 53.4 Å². The van der Waals surface area contributed by atoms with E-state index in [0.717, 1.165) is 23.5 Å². The molecule has 0 radical (unpaired) electrons. The van der Waals surface area contributed by atoms with Gasteiger partial charge in [0.15, 0.2) is 0 Å². The Bertz CT molecular complexity index is 310. The molecule has 0 spiro atoms. The predicted octanol–water partition coefficient (Wildman–Crippen LogP) is 2.15. The van der Waals surface area contributed by atoms with Crippen molar-refractivity contribution >= 4 is 11.3 Å². The van der Waals surface area contributed by atoms with E-state index in [1.54, 1.807) is 11.3 Å². The Morgan fingerprint density at radius 2 is 1.94 bits per heavy atom. The first-order valence-electron chi connectivity index (χ1n) is 5.85. The molecule has 1 aromatic rings. The highest BCUT2D eigenvalue weighted by atomic mass is 32.1. The van der Waals surface area contributed by atoms with E-state index in [-0.39, 0.29) is 5.92 Å². The number of aryl methyl sites for hydroxylation is 1. The van der Waals surface area contributed by atoms with Gasteiger partial charge in [0.05, 0.1) is 22.9 Å². The van der Waals surface area contributed by atoms with Crippen LogP contribution in [0, 0.1) is 12.8 Å². The Labute approximate surface area is 101 Å². The van der Waals surface area contributed by atoms with E-state index in [1.165, 1.54) is 0 Å². The summed E-state index contributed by atoms with van der Waals surface area (Å²) < 4.78 is 0. The van der Waals surface area contributed by atoms with E-state index in [4.69, 9.17) is 0 Å². The molecule has 16 heavy (non-hydrogen) atoms. The predicted molar refractivity (Wildman–Crippen MR) is 66.6 cm³/mol. The third-order valence-electron chi connectivity index (χ3n) is 3.01. The van der Waals surface area contributed by atoms with Crippen molar-refractivity contribution in [2.24, 2.45) is 5.92 Å². The smallest absolute Gasteiger partial charge is 0.0897 e. The van der Waals surface area contributed by atoms with Gasteiger partial charge >= 0.3 is 0 Å². The van der Waals surface area contributed by atoms with Crippen molar-refractivity contribution in [1.29, 1.82) is 0 Å². The minimum atomic E-state index is -0.702. The van der Waals surface area contributed by atoms with Gasteiger partial charge in [0.2, 0.25) is 0 Å². The molecule has 0 bridgehead atoms. The summed E-state index contributed by atoms with van der Waals surface area (Å²) in [6.45, 7) is 6.02. The molecule has 3 nitrogen and oxygen atoms in total. The van der Waals surface area contributed by atoms with Crippen LogP contribution < -0.4 is 0 Å². The molecule has 92 valence electrons. The molecular formula is C12H21NO2S. The molecule has 1 aromatic heterocycles. The number of rotatable bonds is 6. The minimum Gasteiger partial charge on any atom is -0.390 e. The molecular weight excluding hydrogens is 222 g/mol. The van der Waals surface area contributed by atoms with E-state index in [9.17, 15) is 10.2 Å². The van der Waals surface area contributed by atoms with Gasteiger partial charge in [0.1, 0.15) is 0 Å². The van der Waals surface area contributed by atoms with Crippen molar-refractivity contribution in [3.63, 3.8) is 0 Å². The van der Waals surface area contributed by atoms with Crippen LogP contribution in [-0.4, -0.2) is 27.4 Å². The van der Waals surface area contributed by atoms with E-state index in [2.05, 4.69) is 4.98 Å². The van der Waals surface area contributed by atoms with Crippen molar-refractivity contribution in [1.82, 2.24) is 4.98 Å². The van der Waals surface area contributed by atoms with Crippen molar-refractivity contribution < 1.29 is 10.2 Å². The first-order chi connectivity index (χ1) is 7.58. The number of aliphatic hydroxyl groups is 2. The van der Waals surface area contributed by atoms with Crippen LogP contribution in [0.3, 0.4) is 0 Å². The highest BCUT2D eigenvalue weighted by Gasteiger charge is 2.24. The Morgan fingerprint density at radius 1 is 1.31 bits per heavy atom. The van der Waals surface area contributed by atoms with Gasteiger partial charge in [-0.05, 0) is 12.8 Å². The van der Waals surface area contributed by atoms with E-state index in [1.807, 2.05) is 26.2 Å². The molecule has 2 unspecified atom stereocenters. The summed E-state index contributed by atoms with van der Waals surface area (Å²) in [6.07, 6.45) is 0.890. The molecule has 1 rings (SSSR count). The highest BCUT2D eigenvalue weighted by Crippen LogP contribution is 2.19. The van der Waals surface area contributed by atoms with Gasteiger partial charge in [-0.2, -0.15) is 0 Å². The summed E-state index contributed by atoms with van der Waals surface area (Å²) in [7, 11) is 0. The van der Waals surface area contributed by atoms with Gasteiger partial charge < -0.3 is 10.2 Å². The average Bonchev–Trinajstić information content (AvgIpc) is 2.65. The fourth-order valence-corrected chi connectivity index (χ4v) is 2.55. The molecule has 0 aliphatic carbocycles. The zero-order valence-electron chi connectivity index (χ0n) is 10.2. The standard InChI is InChI=1S/C12H21NO2S/c1-4-9(5-2)12(15)11(14)6-10-7-16-8(3)13-10/h7,9,11-12,14-15H,4-6H2,1-3H3. The third-order valence-corrected chi connectivity index (χ3v) is 3.83. The van der Waals surface area contributed by atoms with Crippen LogP contribution in [0.15, 0.2) is 5.38 Å². The Hall–Kier alpha value is -0.450. The second-order valence-electron chi connectivity index (χ2n) is 4.20. The molecule has 2 N–H and O–H groups in total. The first-order valence-corrected chi connectivity index (χ1v) is 6.73. The monoisotopic (exact) mass is 243 g/mol. The zero-order valence-corrected chi connectivity index (χ0v) is 11.0. The molecule has 4 heteroatoms. The van der Waals surface area contributed by atoms with Crippen LogP contribution in [-0.2, 0) is 6.42 Å². The zero-order chi connectivity index (χ0) is 12.1. The average molecular weight is 243 g/mol. The maximum atomic E-state index is 9.97. The lowest BCUT2D eigenvalue weighted by Gasteiger charge is -2.24. The van der Waals surface area contributed by atoms with Crippen molar-refractivity contribution in [2.45, 2.75) is 52.2 Å². The van der Waals surface area contributed by atoms with Gasteiger partial charge in [-0.15, -0.1) is 11.3 Å². The molecule has 0 fully saturated rings. The van der Waals surface area contributed by atoms with Gasteiger partial charge in [-0.3, -0.25) is 0 Å². The first kappa shape index (κ1) is 13.6. The molecule has 0 aliphatic heterocycles. The molecule has 1 heterocycles. The summed E-state index contributed by atoms with van der Waals surface area (Å²) in [6, 6.07) is 0. The van der Waals surface area contributed by atoms with Crippen molar-refractivity contribution in [3.8, 4) is 0 Å². The van der Waals surface area contributed by atoms with Crippen molar-refractivity contribution in [2.75, 3.05) is 0 Å². The van der Waals surface area contributed by atoms with Crippen LogP contribution in [0.25, 0.3) is 0 Å². The minimum absolute atomic E-state index is 0.176. The summed E-state index contributed by atoms with van der Waals surface area (Å²) in [5.74, 6) is 0.176. The Kier molecular flexibility index (Phi) is 5.38. The third kappa shape index (κ3) is 3.54.